The van der Waals surface area contributed by atoms with E-state index in [1.54, 1.807) is 17.9 Å². The first kappa shape index (κ1) is 28.2. The molecule has 6 rings (SSSR count). The van der Waals surface area contributed by atoms with Crippen molar-refractivity contribution in [1.82, 2.24) is 29.6 Å². The number of ether oxygens (including phenoxy) is 1. The second-order valence-corrected chi connectivity index (χ2v) is 12.6. The molecule has 4 atom stereocenters. The molecule has 4 fully saturated rings. The zero-order chi connectivity index (χ0) is 28.0. The summed E-state index contributed by atoms with van der Waals surface area (Å²) in [5, 5.41) is 0. The predicted octanol–water partition coefficient (Wildman–Crippen LogP) is 4.20. The average molecular weight is 565 g/mol. The van der Waals surface area contributed by atoms with Crippen LogP contribution in [0.4, 0.5) is 13.2 Å². The topological polar surface area (TPSA) is 66.2 Å². The number of hydrogen-bond donors (Lipinski definition) is 2. The lowest BCUT2D eigenvalue weighted by atomic mass is 9.65. The lowest BCUT2D eigenvalue weighted by molar-refractivity contribution is -0.136. The van der Waals surface area contributed by atoms with E-state index in [0.29, 0.717) is 29.9 Å². The Kier molecular flexibility index (Phi) is 8.04. The minimum Gasteiger partial charge on any atom is -0.381 e. The van der Waals surface area contributed by atoms with Crippen molar-refractivity contribution in [2.45, 2.75) is 88.8 Å². The van der Waals surface area contributed by atoms with Gasteiger partial charge >= 0.3 is 11.9 Å². The molecule has 0 radical (unpaired) electrons. The number of fused-ring (bicyclic) bond motifs is 1. The normalized spacial score (nSPS) is 28.8. The Morgan fingerprint density at radius 2 is 1.77 bits per heavy atom. The van der Waals surface area contributed by atoms with E-state index in [2.05, 4.69) is 27.7 Å². The van der Waals surface area contributed by atoms with E-state index >= 15 is 0 Å². The van der Waals surface area contributed by atoms with Gasteiger partial charge in [-0.05, 0) is 68.5 Å². The average Bonchev–Trinajstić information content (AvgIpc) is 3.48. The van der Waals surface area contributed by atoms with E-state index in [-0.39, 0.29) is 29.5 Å². The molecule has 2 aromatic heterocycles. The molecule has 2 saturated heterocycles. The summed E-state index contributed by atoms with van der Waals surface area (Å²) in [6.45, 7) is 2.71. The zero-order valence-electron chi connectivity index (χ0n) is 23.6. The second-order valence-electron chi connectivity index (χ2n) is 12.6. The van der Waals surface area contributed by atoms with Crippen LogP contribution in [0.2, 0.25) is 0 Å². The number of nitrogens with one attached hydrogen (secondary N) is 2. The maximum atomic E-state index is 14.3. The van der Waals surface area contributed by atoms with Gasteiger partial charge in [0.25, 0.3) is 0 Å². The van der Waals surface area contributed by atoms with Crippen molar-refractivity contribution in [2.24, 2.45) is 17.8 Å². The van der Waals surface area contributed by atoms with Gasteiger partial charge in [0, 0.05) is 45.2 Å². The smallest absolute Gasteiger partial charge is 0.381 e. The molecule has 8 nitrogen and oxygen atoms in total. The van der Waals surface area contributed by atoms with E-state index in [4.69, 9.17) is 4.74 Å². The van der Waals surface area contributed by atoms with Crippen LogP contribution >= 0.6 is 0 Å². The monoisotopic (exact) mass is 564 g/mol. The Bertz CT molecular complexity index is 1230. The summed E-state index contributed by atoms with van der Waals surface area (Å²) in [6, 6.07) is 1.15. The molecule has 40 heavy (non-hydrogen) atoms. The molecule has 2 saturated carbocycles. The fourth-order valence-electron chi connectivity index (χ4n) is 7.80. The van der Waals surface area contributed by atoms with Crippen molar-refractivity contribution in [2.75, 3.05) is 33.9 Å². The molecule has 0 amide bonds. The van der Waals surface area contributed by atoms with E-state index < -0.39 is 11.7 Å². The molecule has 3 unspecified atom stereocenters. The van der Waals surface area contributed by atoms with Crippen LogP contribution in [0.5, 0.6) is 0 Å². The van der Waals surface area contributed by atoms with E-state index in [1.807, 2.05) is 0 Å². The van der Waals surface area contributed by atoms with Crippen LogP contribution in [0.1, 0.15) is 75.0 Å². The number of hydrogen-bond acceptors (Lipinski definition) is 6. The molecular formula is C29H43F3N6O2. The summed E-state index contributed by atoms with van der Waals surface area (Å²) in [7, 11) is 3.83. The molecule has 0 bridgehead atoms. The lowest BCUT2D eigenvalue weighted by Gasteiger charge is -2.46. The highest BCUT2D eigenvalue weighted by atomic mass is 19.4. The van der Waals surface area contributed by atoms with Crippen LogP contribution in [0.3, 0.4) is 0 Å². The van der Waals surface area contributed by atoms with E-state index in [1.165, 1.54) is 35.9 Å². The lowest BCUT2D eigenvalue weighted by Crippen LogP contribution is -2.50. The van der Waals surface area contributed by atoms with E-state index in [9.17, 15) is 18.0 Å². The van der Waals surface area contributed by atoms with Gasteiger partial charge in [0.2, 0.25) is 0 Å². The maximum Gasteiger partial charge on any atom is 0.418 e. The third-order valence-electron chi connectivity index (χ3n) is 10.2. The van der Waals surface area contributed by atoms with Crippen molar-refractivity contribution in [3.63, 3.8) is 0 Å². The van der Waals surface area contributed by atoms with Crippen LogP contribution in [-0.4, -0.2) is 65.0 Å². The van der Waals surface area contributed by atoms with Gasteiger partial charge in [-0.1, -0.05) is 25.7 Å². The van der Waals surface area contributed by atoms with Gasteiger partial charge < -0.3 is 4.74 Å². The van der Waals surface area contributed by atoms with Crippen molar-refractivity contribution in [3.8, 4) is 0 Å². The number of likely N-dealkylation sites (tertiary alicyclic amines) is 1. The predicted molar refractivity (Wildman–Crippen MR) is 146 cm³/mol. The highest BCUT2D eigenvalue weighted by Crippen LogP contribution is 2.47. The molecule has 222 valence electrons. The molecular weight excluding hydrogens is 521 g/mol. The number of nitrogens with zero attached hydrogens (tertiary/aromatic N) is 4. The molecule has 4 heterocycles. The summed E-state index contributed by atoms with van der Waals surface area (Å²) in [4.78, 5) is 18.2. The summed E-state index contributed by atoms with van der Waals surface area (Å²) in [5.74, 6) is 1.54. The first-order valence-corrected chi connectivity index (χ1v) is 15.0. The minimum absolute atomic E-state index is 0.0431. The minimum atomic E-state index is -4.54. The fraction of sp³-hybridized carbons (Fsp3) is 0.759. The third kappa shape index (κ3) is 5.47. The van der Waals surface area contributed by atoms with Gasteiger partial charge in [-0.2, -0.15) is 13.2 Å². The number of alkyl halides is 3. The first-order valence-electron chi connectivity index (χ1n) is 15.0. The van der Waals surface area contributed by atoms with Gasteiger partial charge in [0.05, 0.1) is 30.0 Å². The SMILES string of the molecule is COC1CCN(Cc2cc(C(F)(F)F)c3cn(C4CCCC([C@@H](C5CCC5)C5NNCN5C)C4)c(=O)n3c2)CC1. The molecule has 2 aliphatic carbocycles. The van der Waals surface area contributed by atoms with Gasteiger partial charge in [0.15, 0.2) is 0 Å². The Morgan fingerprint density at radius 3 is 2.40 bits per heavy atom. The molecule has 0 spiro atoms. The van der Waals surface area contributed by atoms with Crippen LogP contribution in [0.25, 0.3) is 5.52 Å². The Labute approximate surface area is 233 Å². The molecule has 11 heteroatoms. The van der Waals surface area contributed by atoms with Gasteiger partial charge in [0.1, 0.15) is 0 Å². The van der Waals surface area contributed by atoms with Gasteiger partial charge in [-0.3, -0.25) is 18.8 Å². The summed E-state index contributed by atoms with van der Waals surface area (Å²) < 4.78 is 51.2. The number of pyridine rings is 1. The molecule has 0 aromatic carbocycles. The largest absolute Gasteiger partial charge is 0.418 e. The highest BCUT2D eigenvalue weighted by molar-refractivity contribution is 5.56. The van der Waals surface area contributed by atoms with Crippen molar-refractivity contribution in [1.29, 1.82) is 0 Å². The number of piperidine rings is 1. The van der Waals surface area contributed by atoms with Crippen molar-refractivity contribution >= 4 is 5.52 Å². The number of hydrazine groups is 1. The second kappa shape index (κ2) is 11.4. The van der Waals surface area contributed by atoms with E-state index in [0.717, 1.165) is 58.3 Å². The van der Waals surface area contributed by atoms with Crippen molar-refractivity contribution < 1.29 is 17.9 Å². The maximum absolute atomic E-state index is 14.3. The fourth-order valence-corrected chi connectivity index (χ4v) is 7.80. The van der Waals surface area contributed by atoms with Crippen LogP contribution in [0, 0.1) is 17.8 Å². The number of methoxy groups -OCH3 is 1. The third-order valence-corrected chi connectivity index (χ3v) is 10.2. The standard InChI is InChI=1S/C29H43F3N6O2/c1-35-18-33-34-27(35)26(20-5-3-6-20)21-7-4-8-22(14-21)37-17-25-24(29(30,31)32)13-19(16-38(25)28(37)39)15-36-11-9-23(40-2)10-12-36/h13,16-17,20-23,26-27,33-34H,3-12,14-15,18H2,1-2H3/t21?,22?,26-,27?/m1/s1. The first-order chi connectivity index (χ1) is 19.2. The Hall–Kier alpha value is -1.92. The number of imidazole rings is 1. The molecule has 2 aliphatic heterocycles. The summed E-state index contributed by atoms with van der Waals surface area (Å²) in [5.41, 5.74) is 6.14. The number of rotatable bonds is 7. The summed E-state index contributed by atoms with van der Waals surface area (Å²) >= 11 is 0. The van der Waals surface area contributed by atoms with Gasteiger partial charge in [-0.15, -0.1) is 0 Å². The van der Waals surface area contributed by atoms with Crippen LogP contribution in [0.15, 0.2) is 23.3 Å². The van der Waals surface area contributed by atoms with Crippen LogP contribution < -0.4 is 16.5 Å². The Balaban J connectivity index is 1.28. The quantitative estimate of drug-likeness (QED) is 0.526. The molecule has 2 aromatic rings. The van der Waals surface area contributed by atoms with Crippen molar-refractivity contribution in [3.05, 3.63) is 40.1 Å². The number of aromatic nitrogens is 2. The highest BCUT2D eigenvalue weighted by Gasteiger charge is 2.44. The Morgan fingerprint density at radius 1 is 1.05 bits per heavy atom. The zero-order valence-corrected chi connectivity index (χ0v) is 23.6. The molecule has 2 N–H and O–H groups in total. The van der Waals surface area contributed by atoms with Gasteiger partial charge in [-0.25, -0.2) is 15.6 Å². The number of halogens is 3. The van der Waals surface area contributed by atoms with Crippen LogP contribution in [-0.2, 0) is 17.5 Å². The summed E-state index contributed by atoms with van der Waals surface area (Å²) in [6.07, 6.45) is 8.17. The molecule has 4 aliphatic rings.